The third kappa shape index (κ3) is 226. The zero-order valence-electron chi connectivity index (χ0n) is 3.17. The molecule has 5 nitrogen and oxygen atoms in total. The number of hydrogen-bond acceptors (Lipinski definition) is 3. The molecule has 0 aliphatic carbocycles. The first-order chi connectivity index (χ1) is 2.00. The summed E-state index contributed by atoms with van der Waals surface area (Å²) in [6, 6.07) is 0. The fourth-order valence-corrected chi connectivity index (χ4v) is 0. The molecule has 0 fully saturated rings. The topological polar surface area (TPSA) is 103 Å². The molecule has 0 amide bonds. The summed E-state index contributed by atoms with van der Waals surface area (Å²) in [6.45, 7) is 0. The van der Waals surface area contributed by atoms with Crippen LogP contribution < -0.4 is 0 Å². The van der Waals surface area contributed by atoms with Gasteiger partial charge in [-0.25, -0.2) is 0 Å². The third-order valence-electron chi connectivity index (χ3n) is 0. The van der Waals surface area contributed by atoms with E-state index < -0.39 is 13.0 Å². The molecule has 8 heteroatoms. The van der Waals surface area contributed by atoms with Gasteiger partial charge in [0, 0.05) is 38.9 Å². The van der Waals surface area contributed by atoms with Crippen molar-refractivity contribution in [2.45, 2.75) is 0 Å². The van der Waals surface area contributed by atoms with E-state index in [0.717, 1.165) is 0 Å². The molecule has 0 heterocycles. The molecule has 0 bridgehead atoms. The van der Waals surface area contributed by atoms with E-state index in [4.69, 9.17) is 15.7 Å². The Labute approximate surface area is 72.7 Å². The first-order valence-corrected chi connectivity index (χ1v) is 2.61. The van der Waals surface area contributed by atoms with Gasteiger partial charge in [0.2, 0.25) is 0 Å². The Balaban J connectivity index is -0.0000000267. The molecule has 0 saturated carbocycles. The van der Waals surface area contributed by atoms with Crippen molar-refractivity contribution < 1.29 is 73.0 Å². The van der Waals surface area contributed by atoms with Gasteiger partial charge >= 0.3 is 28.7 Å². The molecule has 0 spiro atoms. The molecule has 3 N–H and O–H groups in total. The SMILES string of the molecule is O.[Ag].[Ni].[O]=[Mn](=[O])(=[O])[OH]. The molecule has 1 radical (unpaired) electrons. The van der Waals surface area contributed by atoms with Gasteiger partial charge in [0.25, 0.3) is 0 Å². The second-order valence-corrected chi connectivity index (χ2v) is 1.63. The fourth-order valence-electron chi connectivity index (χ4n) is 0. The van der Waals surface area contributed by atoms with Crippen molar-refractivity contribution in [2.75, 3.05) is 0 Å². The Morgan fingerprint density at radius 3 is 1.12 bits per heavy atom. The van der Waals surface area contributed by atoms with Crippen molar-refractivity contribution in [3.8, 4) is 0 Å². The van der Waals surface area contributed by atoms with Crippen molar-refractivity contribution >= 4 is 0 Å². The standard InChI is InChI=1S/Ag.Mn.Ni.2H2O.3O/h;;;2*1H2;;;/q;+1;;;;;;/p-1. The van der Waals surface area contributed by atoms with Crippen LogP contribution in [0.1, 0.15) is 0 Å². The maximum absolute atomic E-state index is 8.69. The van der Waals surface area contributed by atoms with Crippen LogP contribution in [0.25, 0.3) is 0 Å². The molecule has 0 aromatic carbocycles. The predicted molar refractivity (Wildman–Crippen MR) is 7.89 cm³/mol. The summed E-state index contributed by atoms with van der Waals surface area (Å²) in [5, 5.41) is 0. The van der Waals surface area contributed by atoms with Crippen LogP contribution in [0, 0.1) is 0 Å². The maximum atomic E-state index is 8.69. The van der Waals surface area contributed by atoms with Crippen LogP contribution in [0.4, 0.5) is 0 Å². The first-order valence-electron chi connectivity index (χ1n) is 0.632. The average Bonchev–Trinajstić information content (AvgIpc) is 0.722. The van der Waals surface area contributed by atoms with Gasteiger partial charge in [-0.1, -0.05) is 0 Å². The molecule has 0 aliphatic heterocycles. The molecule has 0 saturated heterocycles. The van der Waals surface area contributed by atoms with Crippen molar-refractivity contribution in [2.24, 2.45) is 0 Å². The molecule has 0 atom stereocenters. The molecular weight excluding hydrogens is 301 g/mol. The van der Waals surface area contributed by atoms with E-state index in [1.807, 2.05) is 0 Å². The van der Waals surface area contributed by atoms with Crippen molar-refractivity contribution in [3.05, 3.63) is 0 Å². The fraction of sp³-hybridized carbons (Fsp3) is 0. The minimum atomic E-state index is -5.38. The average molecular weight is 305 g/mol. The summed E-state index contributed by atoms with van der Waals surface area (Å²) >= 11 is -5.38. The number of hydrogen-bond donors (Lipinski definition) is 1. The van der Waals surface area contributed by atoms with E-state index in [2.05, 4.69) is 0 Å². The van der Waals surface area contributed by atoms with Gasteiger partial charge < -0.3 is 5.48 Å². The van der Waals surface area contributed by atoms with E-state index in [0.29, 0.717) is 0 Å². The van der Waals surface area contributed by atoms with Gasteiger partial charge in [0.05, 0.1) is 0 Å². The Morgan fingerprint density at radius 1 is 1.12 bits per heavy atom. The van der Waals surface area contributed by atoms with E-state index in [-0.39, 0.29) is 44.3 Å². The molecule has 8 heavy (non-hydrogen) atoms. The molecule has 0 aromatic heterocycles. The Hall–Kier alpha value is 1.07. The normalized spacial score (nSPS) is 7.12. The Kier molecular flexibility index (Phi) is 23.2. The van der Waals surface area contributed by atoms with Crippen LogP contribution in [0.3, 0.4) is 0 Å². The van der Waals surface area contributed by atoms with E-state index in [1.54, 1.807) is 0 Å². The summed E-state index contributed by atoms with van der Waals surface area (Å²) in [5.41, 5.74) is 0. The summed E-state index contributed by atoms with van der Waals surface area (Å²) < 4.78 is 33.1. The van der Waals surface area contributed by atoms with Gasteiger partial charge in [-0.05, 0) is 0 Å². The summed E-state index contributed by atoms with van der Waals surface area (Å²) in [5.74, 6) is 0. The quantitative estimate of drug-likeness (QED) is 0.536. The van der Waals surface area contributed by atoms with Crippen LogP contribution in [-0.4, -0.2) is 9.67 Å². The van der Waals surface area contributed by atoms with Crippen LogP contribution >= 0.6 is 0 Å². The Morgan fingerprint density at radius 2 is 1.12 bits per heavy atom. The summed E-state index contributed by atoms with van der Waals surface area (Å²) in [7, 11) is 0. The molecule has 61 valence electrons. The van der Waals surface area contributed by atoms with Gasteiger partial charge in [-0.2, -0.15) is 0 Å². The van der Waals surface area contributed by atoms with E-state index in [9.17, 15) is 0 Å². The zero-order chi connectivity index (χ0) is 4.50. The molecule has 0 unspecified atom stereocenters. The van der Waals surface area contributed by atoms with Crippen molar-refractivity contribution in [3.63, 3.8) is 0 Å². The second-order valence-electron chi connectivity index (χ2n) is 0.396. The number of rotatable bonds is 0. The van der Waals surface area contributed by atoms with Crippen LogP contribution in [0.15, 0.2) is 0 Å². The van der Waals surface area contributed by atoms with Crippen molar-refractivity contribution in [1.82, 2.24) is 0 Å². The minimum absolute atomic E-state index is 0. The van der Waals surface area contributed by atoms with Gasteiger partial charge in [-0.15, -0.1) is 0 Å². The predicted octanol–water partition coefficient (Wildman–Crippen LogP) is -1.75. The Bertz CT molecular complexity index is 134. The second kappa shape index (κ2) is 8.07. The van der Waals surface area contributed by atoms with Crippen LogP contribution in [0.5, 0.6) is 0 Å². The van der Waals surface area contributed by atoms with Gasteiger partial charge in [-0.3, -0.25) is 0 Å². The third-order valence-corrected chi connectivity index (χ3v) is 0. The van der Waals surface area contributed by atoms with Gasteiger partial charge in [0.15, 0.2) is 0 Å². The van der Waals surface area contributed by atoms with Crippen LogP contribution in [-0.2, 0) is 63.3 Å². The summed E-state index contributed by atoms with van der Waals surface area (Å²) in [6.07, 6.45) is 0. The van der Waals surface area contributed by atoms with Crippen LogP contribution in [0.2, 0.25) is 0 Å². The molecular formula is H3AgMnNiO5. The molecule has 0 aliphatic rings. The van der Waals surface area contributed by atoms with E-state index >= 15 is 0 Å². The van der Waals surface area contributed by atoms with Gasteiger partial charge in [0.1, 0.15) is 0 Å². The molecule has 0 aromatic rings. The van der Waals surface area contributed by atoms with E-state index in [1.165, 1.54) is 0 Å². The molecule has 0 rings (SSSR count). The van der Waals surface area contributed by atoms with Crippen molar-refractivity contribution in [1.29, 1.82) is 0 Å². The summed E-state index contributed by atoms with van der Waals surface area (Å²) in [4.78, 5) is 0. The monoisotopic (exact) mass is 303 g/mol. The first kappa shape index (κ1) is 23.0. The zero-order valence-corrected chi connectivity index (χ0v) is 6.82.